The second kappa shape index (κ2) is 10.8. The Balaban J connectivity index is 1.21. The molecule has 0 atom stereocenters. The lowest BCUT2D eigenvalue weighted by Crippen LogP contribution is -2.47. The predicted molar refractivity (Wildman–Crippen MR) is 179 cm³/mol. The number of likely N-dealkylation sites (N-methyl/N-ethyl adjacent to an activating group) is 2. The molecule has 46 heavy (non-hydrogen) atoms. The minimum absolute atomic E-state index is 0.301. The van der Waals surface area contributed by atoms with E-state index in [4.69, 9.17) is 0 Å². The van der Waals surface area contributed by atoms with E-state index in [1.54, 1.807) is 36.4 Å². The van der Waals surface area contributed by atoms with Gasteiger partial charge in [-0.3, -0.25) is 19.2 Å². The molecule has 8 rings (SSSR count). The standard InChI is InChI=1S/C36H34N6O4/c1-37-15-19-39(20-16-37)27-7-3-5-9-29(27)41-33(43)23-11-13-25-32-26(14-12-24(31(23)32)34(41)44)36(46)42(35(25)45)30-10-6-4-8-28(30)40-21-17-38(2)18-22-40/h3-14H,15-22H2,1-2H3. The van der Waals surface area contributed by atoms with Gasteiger partial charge < -0.3 is 19.6 Å². The van der Waals surface area contributed by atoms with Crippen LogP contribution in [-0.2, 0) is 0 Å². The minimum Gasteiger partial charge on any atom is -0.367 e. The van der Waals surface area contributed by atoms with Crippen LogP contribution in [0.3, 0.4) is 0 Å². The Kier molecular flexibility index (Phi) is 6.66. The van der Waals surface area contributed by atoms with Gasteiger partial charge in [0.2, 0.25) is 0 Å². The lowest BCUT2D eigenvalue weighted by Gasteiger charge is -2.38. The Morgan fingerprint density at radius 3 is 0.978 bits per heavy atom. The van der Waals surface area contributed by atoms with E-state index in [9.17, 15) is 19.2 Å². The third kappa shape index (κ3) is 4.24. The summed E-state index contributed by atoms with van der Waals surface area (Å²) in [4.78, 5) is 68.3. The van der Waals surface area contributed by atoms with Crippen LogP contribution in [0, 0.1) is 0 Å². The number of hydrogen-bond donors (Lipinski definition) is 0. The first-order chi connectivity index (χ1) is 22.3. The molecule has 0 saturated carbocycles. The second-order valence-electron chi connectivity index (χ2n) is 12.5. The molecule has 0 spiro atoms. The second-order valence-corrected chi connectivity index (χ2v) is 12.5. The number of rotatable bonds is 4. The van der Waals surface area contributed by atoms with Crippen molar-refractivity contribution in [3.05, 3.63) is 95.1 Å². The molecule has 4 aliphatic heterocycles. The average molecular weight is 615 g/mol. The Bertz CT molecular complexity index is 1750. The Morgan fingerprint density at radius 2 is 0.674 bits per heavy atom. The van der Waals surface area contributed by atoms with Crippen LogP contribution in [0.4, 0.5) is 22.7 Å². The van der Waals surface area contributed by atoms with E-state index < -0.39 is 23.6 Å². The summed E-state index contributed by atoms with van der Waals surface area (Å²) in [7, 11) is 4.16. The summed E-state index contributed by atoms with van der Waals surface area (Å²) >= 11 is 0. The maximum atomic E-state index is 14.2. The molecule has 4 aliphatic rings. The molecule has 2 fully saturated rings. The summed E-state index contributed by atoms with van der Waals surface area (Å²) < 4.78 is 0. The monoisotopic (exact) mass is 614 g/mol. The average Bonchev–Trinajstić information content (AvgIpc) is 3.07. The van der Waals surface area contributed by atoms with Crippen molar-refractivity contribution in [3.8, 4) is 0 Å². The maximum absolute atomic E-state index is 14.2. The molecule has 4 aromatic rings. The van der Waals surface area contributed by atoms with Crippen molar-refractivity contribution in [1.29, 1.82) is 0 Å². The fourth-order valence-electron chi connectivity index (χ4n) is 7.25. The minimum atomic E-state index is -0.467. The number of carbonyl (C=O) groups excluding carboxylic acids is 4. The molecule has 0 bridgehead atoms. The van der Waals surface area contributed by atoms with Crippen molar-refractivity contribution in [1.82, 2.24) is 9.80 Å². The van der Waals surface area contributed by atoms with Crippen LogP contribution in [0.15, 0.2) is 72.8 Å². The van der Waals surface area contributed by atoms with E-state index in [-0.39, 0.29) is 0 Å². The van der Waals surface area contributed by atoms with Gasteiger partial charge in [-0.25, -0.2) is 9.80 Å². The zero-order chi connectivity index (χ0) is 31.7. The maximum Gasteiger partial charge on any atom is 0.266 e. The molecule has 10 nitrogen and oxygen atoms in total. The Hall–Kier alpha value is -5.06. The zero-order valence-electron chi connectivity index (χ0n) is 25.9. The molecule has 2 saturated heterocycles. The Morgan fingerprint density at radius 1 is 0.391 bits per heavy atom. The number of amides is 4. The lowest BCUT2D eigenvalue weighted by atomic mass is 9.85. The summed E-state index contributed by atoms with van der Waals surface area (Å²) in [5, 5.41) is 0.735. The van der Waals surface area contributed by atoms with Gasteiger partial charge in [-0.1, -0.05) is 24.3 Å². The summed E-state index contributed by atoms with van der Waals surface area (Å²) in [6, 6.07) is 21.5. The number of piperazine rings is 2. The number of benzene rings is 4. The van der Waals surface area contributed by atoms with Crippen LogP contribution in [0.5, 0.6) is 0 Å². The predicted octanol–water partition coefficient (Wildman–Crippen LogP) is 3.94. The molecule has 4 aromatic carbocycles. The summed E-state index contributed by atoms with van der Waals surface area (Å²) in [5.41, 5.74) is 3.91. The van der Waals surface area contributed by atoms with Gasteiger partial charge in [0.15, 0.2) is 0 Å². The van der Waals surface area contributed by atoms with Crippen molar-refractivity contribution in [3.63, 3.8) is 0 Å². The van der Waals surface area contributed by atoms with E-state index in [0.29, 0.717) is 44.4 Å². The van der Waals surface area contributed by atoms with Crippen molar-refractivity contribution in [2.75, 3.05) is 86.1 Å². The molecule has 0 aliphatic carbocycles. The third-order valence-electron chi connectivity index (χ3n) is 9.83. The van der Waals surface area contributed by atoms with Crippen LogP contribution in [0.25, 0.3) is 10.8 Å². The fraction of sp³-hybridized carbons (Fsp3) is 0.278. The van der Waals surface area contributed by atoms with Crippen LogP contribution in [-0.4, -0.2) is 99.9 Å². The summed E-state index contributed by atoms with van der Waals surface area (Å²) in [6.45, 7) is 6.63. The molecule has 0 N–H and O–H groups in total. The number of imide groups is 2. The van der Waals surface area contributed by atoms with E-state index >= 15 is 0 Å². The first-order valence-electron chi connectivity index (χ1n) is 15.8. The van der Waals surface area contributed by atoms with Crippen LogP contribution in [0.2, 0.25) is 0 Å². The number of hydrogen-bond acceptors (Lipinski definition) is 8. The normalized spacial score (nSPS) is 19.1. The van der Waals surface area contributed by atoms with Gasteiger partial charge in [0.25, 0.3) is 23.6 Å². The number of para-hydroxylation sites is 4. The smallest absolute Gasteiger partial charge is 0.266 e. The van der Waals surface area contributed by atoms with E-state index in [1.165, 1.54) is 9.80 Å². The molecular weight excluding hydrogens is 580 g/mol. The molecule has 10 heteroatoms. The molecule has 0 unspecified atom stereocenters. The molecular formula is C36H34N6O4. The lowest BCUT2D eigenvalue weighted by molar-refractivity contribution is 0.0873. The number of anilines is 4. The SMILES string of the molecule is CN1CCN(c2ccccc2N2C(=O)c3ccc4c5c(ccc(c35)C2=O)C(=O)N(c2ccccc2N2CCN(C)CC2)C4=O)CC1. The van der Waals surface area contributed by atoms with Gasteiger partial charge in [0.05, 0.1) is 22.7 Å². The molecule has 0 aromatic heterocycles. The highest BCUT2D eigenvalue weighted by Crippen LogP contribution is 2.43. The fourth-order valence-corrected chi connectivity index (χ4v) is 7.25. The largest absolute Gasteiger partial charge is 0.367 e. The van der Waals surface area contributed by atoms with E-state index in [0.717, 1.165) is 63.7 Å². The van der Waals surface area contributed by atoms with E-state index in [2.05, 4.69) is 33.7 Å². The molecule has 4 heterocycles. The van der Waals surface area contributed by atoms with E-state index in [1.807, 2.05) is 36.4 Å². The van der Waals surface area contributed by atoms with Crippen LogP contribution < -0.4 is 19.6 Å². The van der Waals surface area contributed by atoms with Crippen LogP contribution in [0.1, 0.15) is 41.4 Å². The van der Waals surface area contributed by atoms with Crippen molar-refractivity contribution in [2.24, 2.45) is 0 Å². The van der Waals surface area contributed by atoms with Gasteiger partial charge in [-0.2, -0.15) is 0 Å². The highest BCUT2D eigenvalue weighted by Gasteiger charge is 2.42. The van der Waals surface area contributed by atoms with Gasteiger partial charge in [0.1, 0.15) is 0 Å². The van der Waals surface area contributed by atoms with Crippen molar-refractivity contribution < 1.29 is 19.2 Å². The topological polar surface area (TPSA) is 87.7 Å². The molecule has 4 amide bonds. The first-order valence-corrected chi connectivity index (χ1v) is 15.8. The van der Waals surface area contributed by atoms with Gasteiger partial charge in [-0.05, 0) is 62.6 Å². The Labute approximate surface area is 267 Å². The molecule has 0 radical (unpaired) electrons. The molecule has 232 valence electrons. The van der Waals surface area contributed by atoms with Crippen molar-refractivity contribution in [2.45, 2.75) is 0 Å². The summed E-state index contributed by atoms with van der Waals surface area (Å²) in [6.07, 6.45) is 0. The first kappa shape index (κ1) is 28.4. The number of nitrogens with zero attached hydrogens (tertiary/aromatic N) is 6. The van der Waals surface area contributed by atoms with Gasteiger partial charge in [-0.15, -0.1) is 0 Å². The number of carbonyl (C=O) groups is 4. The van der Waals surface area contributed by atoms with Crippen molar-refractivity contribution >= 4 is 57.2 Å². The zero-order valence-corrected chi connectivity index (χ0v) is 25.9. The third-order valence-corrected chi connectivity index (χ3v) is 9.83. The quantitative estimate of drug-likeness (QED) is 0.320. The van der Waals surface area contributed by atoms with Crippen LogP contribution >= 0.6 is 0 Å². The van der Waals surface area contributed by atoms with Gasteiger partial charge in [0, 0.05) is 85.4 Å². The highest BCUT2D eigenvalue weighted by molar-refractivity contribution is 6.42. The van der Waals surface area contributed by atoms with Gasteiger partial charge >= 0.3 is 0 Å². The summed E-state index contributed by atoms with van der Waals surface area (Å²) in [5.74, 6) is -1.87. The highest BCUT2D eigenvalue weighted by atomic mass is 16.2.